The summed E-state index contributed by atoms with van der Waals surface area (Å²) in [6.45, 7) is 4.38. The topological polar surface area (TPSA) is 69.0 Å². The number of anilines is 1. The van der Waals surface area contributed by atoms with Crippen LogP contribution < -0.4 is 10.1 Å². The van der Waals surface area contributed by atoms with E-state index < -0.39 is 0 Å². The molecule has 0 atom stereocenters. The lowest BCUT2D eigenvalue weighted by atomic mass is 10.3. The molecule has 2 heterocycles. The van der Waals surface area contributed by atoms with Gasteiger partial charge in [0.25, 0.3) is 0 Å². The van der Waals surface area contributed by atoms with Crippen LogP contribution in [-0.4, -0.2) is 33.0 Å². The SMILES string of the molecule is CCOc1cccc2sc(-n3nc(C)cc3NC(=O)CCCSc3ccc(F)cc3)nc12. The molecule has 0 bridgehead atoms. The number of nitrogens with one attached hydrogen (secondary N) is 1. The zero-order chi connectivity index (χ0) is 22.5. The van der Waals surface area contributed by atoms with Gasteiger partial charge in [0.2, 0.25) is 11.0 Å². The standard InChI is InChI=1S/C23H23FN4O2S2/c1-3-30-18-6-4-7-19-22(18)26-23(32-19)28-20(14-15(2)27-28)25-21(29)8-5-13-31-17-11-9-16(24)10-12-17/h4,6-7,9-12,14H,3,5,8,13H2,1-2H3,(H,25,29). The van der Waals surface area contributed by atoms with E-state index in [1.807, 2.05) is 38.1 Å². The van der Waals surface area contributed by atoms with Gasteiger partial charge in [-0.2, -0.15) is 9.78 Å². The van der Waals surface area contributed by atoms with Crippen molar-refractivity contribution in [1.82, 2.24) is 14.8 Å². The van der Waals surface area contributed by atoms with Gasteiger partial charge in [0.15, 0.2) is 0 Å². The van der Waals surface area contributed by atoms with Gasteiger partial charge in [-0.3, -0.25) is 4.79 Å². The summed E-state index contributed by atoms with van der Waals surface area (Å²) in [5.41, 5.74) is 1.58. The Labute approximate surface area is 193 Å². The molecule has 0 aliphatic heterocycles. The number of para-hydroxylation sites is 1. The van der Waals surface area contributed by atoms with Gasteiger partial charge in [-0.05, 0) is 62.4 Å². The lowest BCUT2D eigenvalue weighted by molar-refractivity contribution is -0.116. The number of hydrogen-bond acceptors (Lipinski definition) is 6. The van der Waals surface area contributed by atoms with Crippen molar-refractivity contribution >= 4 is 45.0 Å². The molecule has 4 rings (SSSR count). The van der Waals surface area contributed by atoms with Gasteiger partial charge in [0, 0.05) is 17.4 Å². The summed E-state index contributed by atoms with van der Waals surface area (Å²) in [7, 11) is 0. The van der Waals surface area contributed by atoms with E-state index in [1.54, 1.807) is 28.6 Å². The summed E-state index contributed by atoms with van der Waals surface area (Å²) in [6.07, 6.45) is 1.09. The minimum atomic E-state index is -0.247. The van der Waals surface area contributed by atoms with E-state index in [2.05, 4.69) is 10.4 Å². The maximum atomic E-state index is 13.0. The molecule has 6 nitrogen and oxygen atoms in total. The quantitative estimate of drug-likeness (QED) is 0.246. The van der Waals surface area contributed by atoms with Crippen molar-refractivity contribution in [1.29, 1.82) is 0 Å². The number of amides is 1. The third-order valence-corrected chi connectivity index (χ3v) is 6.68. The van der Waals surface area contributed by atoms with Crippen molar-refractivity contribution in [3.05, 3.63) is 60.0 Å². The molecule has 0 aliphatic carbocycles. The molecule has 0 aliphatic rings. The van der Waals surface area contributed by atoms with Crippen molar-refractivity contribution in [2.75, 3.05) is 17.7 Å². The highest BCUT2D eigenvalue weighted by Crippen LogP contribution is 2.32. The molecule has 1 amide bonds. The van der Waals surface area contributed by atoms with Crippen molar-refractivity contribution in [3.63, 3.8) is 0 Å². The van der Waals surface area contributed by atoms with Crippen LogP contribution >= 0.6 is 23.1 Å². The van der Waals surface area contributed by atoms with E-state index in [9.17, 15) is 9.18 Å². The van der Waals surface area contributed by atoms with Crippen LogP contribution in [0.15, 0.2) is 53.4 Å². The number of ether oxygens (including phenoxy) is 1. The van der Waals surface area contributed by atoms with E-state index in [4.69, 9.17) is 9.72 Å². The Morgan fingerprint density at radius 2 is 2.06 bits per heavy atom. The van der Waals surface area contributed by atoms with Crippen LogP contribution in [0.25, 0.3) is 15.3 Å². The first-order chi connectivity index (χ1) is 15.5. The van der Waals surface area contributed by atoms with Crippen LogP contribution in [0, 0.1) is 12.7 Å². The summed E-state index contributed by atoms with van der Waals surface area (Å²) >= 11 is 3.10. The van der Waals surface area contributed by atoms with Gasteiger partial charge >= 0.3 is 0 Å². The van der Waals surface area contributed by atoms with Gasteiger partial charge < -0.3 is 10.1 Å². The summed E-state index contributed by atoms with van der Waals surface area (Å²) < 4.78 is 21.3. The smallest absolute Gasteiger partial charge is 0.225 e. The molecule has 166 valence electrons. The Balaban J connectivity index is 1.41. The minimum absolute atomic E-state index is 0.0815. The van der Waals surface area contributed by atoms with E-state index in [1.165, 1.54) is 23.5 Å². The van der Waals surface area contributed by atoms with E-state index in [-0.39, 0.29) is 11.7 Å². The number of nitrogens with zero attached hydrogens (tertiary/aromatic N) is 3. The zero-order valence-corrected chi connectivity index (χ0v) is 19.4. The maximum Gasteiger partial charge on any atom is 0.225 e. The summed E-state index contributed by atoms with van der Waals surface area (Å²) in [4.78, 5) is 18.2. The predicted octanol–water partition coefficient (Wildman–Crippen LogP) is 5.84. The van der Waals surface area contributed by atoms with E-state index in [0.717, 1.165) is 32.3 Å². The highest BCUT2D eigenvalue weighted by Gasteiger charge is 2.16. The lowest BCUT2D eigenvalue weighted by Crippen LogP contribution is -2.14. The number of thioether (sulfide) groups is 1. The van der Waals surface area contributed by atoms with Gasteiger partial charge in [-0.15, -0.1) is 11.8 Å². The fourth-order valence-electron chi connectivity index (χ4n) is 3.17. The van der Waals surface area contributed by atoms with Crippen molar-refractivity contribution in [2.45, 2.75) is 31.6 Å². The fourth-order valence-corrected chi connectivity index (χ4v) is 4.97. The van der Waals surface area contributed by atoms with Crippen LogP contribution in [0.2, 0.25) is 0 Å². The number of benzene rings is 2. The molecule has 0 spiro atoms. The first-order valence-electron chi connectivity index (χ1n) is 10.3. The molecule has 2 aromatic heterocycles. The molecular weight excluding hydrogens is 447 g/mol. The molecule has 1 N–H and O–H groups in total. The number of aryl methyl sites for hydroxylation is 1. The monoisotopic (exact) mass is 470 g/mol. The van der Waals surface area contributed by atoms with E-state index >= 15 is 0 Å². The first kappa shape index (κ1) is 22.3. The molecule has 32 heavy (non-hydrogen) atoms. The maximum absolute atomic E-state index is 13.0. The molecule has 9 heteroatoms. The second-order valence-corrected chi connectivity index (χ2v) is 9.25. The average molecular weight is 471 g/mol. The Bertz CT molecular complexity index is 1220. The third kappa shape index (κ3) is 5.28. The Hall–Kier alpha value is -2.91. The van der Waals surface area contributed by atoms with Crippen LogP contribution in [0.3, 0.4) is 0 Å². The zero-order valence-electron chi connectivity index (χ0n) is 17.8. The molecular formula is C23H23FN4O2S2. The predicted molar refractivity (Wildman–Crippen MR) is 128 cm³/mol. The summed E-state index contributed by atoms with van der Waals surface area (Å²) in [6, 6.07) is 14.0. The summed E-state index contributed by atoms with van der Waals surface area (Å²) in [5.74, 6) is 1.77. The molecule has 0 fully saturated rings. The summed E-state index contributed by atoms with van der Waals surface area (Å²) in [5, 5.41) is 8.15. The number of thiazole rings is 1. The molecule has 4 aromatic rings. The van der Waals surface area contributed by atoms with Crippen LogP contribution in [0.1, 0.15) is 25.5 Å². The highest BCUT2D eigenvalue weighted by molar-refractivity contribution is 7.99. The number of aromatic nitrogens is 3. The molecule has 0 radical (unpaired) electrons. The van der Waals surface area contributed by atoms with Gasteiger partial charge in [-0.1, -0.05) is 17.4 Å². The normalized spacial score (nSPS) is 11.1. The minimum Gasteiger partial charge on any atom is -0.492 e. The second-order valence-electron chi connectivity index (χ2n) is 7.07. The van der Waals surface area contributed by atoms with Crippen molar-refractivity contribution in [3.8, 4) is 10.9 Å². The van der Waals surface area contributed by atoms with Crippen molar-refractivity contribution in [2.24, 2.45) is 0 Å². The van der Waals surface area contributed by atoms with E-state index in [0.29, 0.717) is 30.4 Å². The molecule has 2 aromatic carbocycles. The third-order valence-electron chi connectivity index (χ3n) is 4.58. The van der Waals surface area contributed by atoms with Crippen LogP contribution in [0.5, 0.6) is 5.75 Å². The van der Waals surface area contributed by atoms with Crippen LogP contribution in [0.4, 0.5) is 10.2 Å². The fraction of sp³-hybridized carbons (Fsp3) is 0.261. The molecule has 0 saturated carbocycles. The number of hydrogen-bond donors (Lipinski definition) is 1. The Morgan fingerprint density at radius 1 is 1.25 bits per heavy atom. The number of rotatable bonds is 9. The number of carbonyl (C=O) groups excluding carboxylic acids is 1. The lowest BCUT2D eigenvalue weighted by Gasteiger charge is -2.07. The van der Waals surface area contributed by atoms with Gasteiger partial charge in [0.05, 0.1) is 17.0 Å². The highest BCUT2D eigenvalue weighted by atomic mass is 32.2. The first-order valence-corrected chi connectivity index (χ1v) is 12.1. The van der Waals surface area contributed by atoms with Crippen LogP contribution in [-0.2, 0) is 4.79 Å². The second kappa shape index (κ2) is 10.1. The largest absolute Gasteiger partial charge is 0.492 e. The van der Waals surface area contributed by atoms with Crippen molar-refractivity contribution < 1.29 is 13.9 Å². The average Bonchev–Trinajstić information content (AvgIpc) is 3.36. The number of halogens is 1. The Kier molecular flexibility index (Phi) is 7.06. The molecule has 0 saturated heterocycles. The molecule has 0 unspecified atom stereocenters. The number of fused-ring (bicyclic) bond motifs is 1. The van der Waals surface area contributed by atoms with Gasteiger partial charge in [-0.25, -0.2) is 9.37 Å². The number of carbonyl (C=O) groups is 1. The van der Waals surface area contributed by atoms with Gasteiger partial charge in [0.1, 0.15) is 22.9 Å². The Morgan fingerprint density at radius 3 is 2.84 bits per heavy atom.